The van der Waals surface area contributed by atoms with Crippen molar-refractivity contribution in [2.75, 3.05) is 18.4 Å². The van der Waals surface area contributed by atoms with Gasteiger partial charge < -0.3 is 9.73 Å². The van der Waals surface area contributed by atoms with Gasteiger partial charge in [0.25, 0.3) is 0 Å². The van der Waals surface area contributed by atoms with Gasteiger partial charge in [-0.3, -0.25) is 9.69 Å². The van der Waals surface area contributed by atoms with E-state index in [0.717, 1.165) is 50.2 Å². The molecule has 5 heteroatoms. The highest BCUT2D eigenvalue weighted by Gasteiger charge is 2.58. The number of carbonyl (C=O) groups is 1. The van der Waals surface area contributed by atoms with E-state index in [1.807, 2.05) is 12.1 Å². The standard InChI is InChI=1S/C25H25FN2O2/c26-20-3-1-4-21(15-20)27-24(29)22-16-25(22)10-12-28(13-11-25)17-18-6-8-19(9-7-18)23-5-2-14-30-23/h1-9,14-15,22H,10-13,16-17H2,(H,27,29). The van der Waals surface area contributed by atoms with E-state index in [2.05, 4.69) is 34.5 Å². The maximum atomic E-state index is 13.3. The number of benzene rings is 2. The molecule has 0 bridgehead atoms. The van der Waals surface area contributed by atoms with E-state index >= 15 is 0 Å². The van der Waals surface area contributed by atoms with Gasteiger partial charge in [-0.15, -0.1) is 0 Å². The van der Waals surface area contributed by atoms with E-state index in [4.69, 9.17) is 4.42 Å². The number of hydrogen-bond donors (Lipinski definition) is 1. The average molecular weight is 404 g/mol. The topological polar surface area (TPSA) is 45.5 Å². The van der Waals surface area contributed by atoms with E-state index in [1.165, 1.54) is 17.7 Å². The third kappa shape index (κ3) is 3.90. The second-order valence-corrected chi connectivity index (χ2v) is 8.57. The van der Waals surface area contributed by atoms with Crippen molar-refractivity contribution < 1.29 is 13.6 Å². The van der Waals surface area contributed by atoms with E-state index in [1.54, 1.807) is 18.4 Å². The summed E-state index contributed by atoms with van der Waals surface area (Å²) < 4.78 is 18.8. The summed E-state index contributed by atoms with van der Waals surface area (Å²) in [5.41, 5.74) is 3.05. The number of hydrogen-bond acceptors (Lipinski definition) is 3. The molecule has 1 spiro atoms. The number of nitrogens with zero attached hydrogens (tertiary/aromatic N) is 1. The predicted molar refractivity (Wildman–Crippen MR) is 114 cm³/mol. The first-order valence-corrected chi connectivity index (χ1v) is 10.5. The Morgan fingerprint density at radius 3 is 2.60 bits per heavy atom. The first-order chi connectivity index (χ1) is 14.6. The van der Waals surface area contributed by atoms with Crippen molar-refractivity contribution in [3.05, 3.63) is 78.3 Å². The maximum absolute atomic E-state index is 13.3. The molecule has 1 aliphatic carbocycles. The summed E-state index contributed by atoms with van der Waals surface area (Å²) in [7, 11) is 0. The molecule has 1 aliphatic heterocycles. The second-order valence-electron chi connectivity index (χ2n) is 8.57. The Morgan fingerprint density at radius 1 is 1.10 bits per heavy atom. The van der Waals surface area contributed by atoms with Crippen molar-refractivity contribution in [1.29, 1.82) is 0 Å². The number of nitrogens with one attached hydrogen (secondary N) is 1. The van der Waals surface area contributed by atoms with Crippen LogP contribution in [0.5, 0.6) is 0 Å². The van der Waals surface area contributed by atoms with Crippen LogP contribution >= 0.6 is 0 Å². The van der Waals surface area contributed by atoms with Gasteiger partial charge in [-0.1, -0.05) is 30.3 Å². The summed E-state index contributed by atoms with van der Waals surface area (Å²) in [5.74, 6) is 0.639. The summed E-state index contributed by atoms with van der Waals surface area (Å²) in [6.07, 6.45) is 4.72. The van der Waals surface area contributed by atoms with Gasteiger partial charge in [0.05, 0.1) is 6.26 Å². The molecule has 1 N–H and O–H groups in total. The Balaban J connectivity index is 1.13. The fourth-order valence-electron chi connectivity index (χ4n) is 4.70. The highest BCUT2D eigenvalue weighted by molar-refractivity contribution is 5.95. The minimum Gasteiger partial charge on any atom is -0.464 e. The van der Waals surface area contributed by atoms with Crippen LogP contribution in [-0.2, 0) is 11.3 Å². The zero-order valence-electron chi connectivity index (χ0n) is 16.8. The largest absolute Gasteiger partial charge is 0.464 e. The van der Waals surface area contributed by atoms with Crippen molar-refractivity contribution in [3.8, 4) is 11.3 Å². The average Bonchev–Trinajstić information content (AvgIpc) is 3.18. The highest BCUT2D eigenvalue weighted by Crippen LogP contribution is 2.59. The maximum Gasteiger partial charge on any atom is 0.228 e. The van der Waals surface area contributed by atoms with Crippen LogP contribution in [0.25, 0.3) is 11.3 Å². The van der Waals surface area contributed by atoms with Crippen LogP contribution in [0, 0.1) is 17.2 Å². The molecule has 1 saturated carbocycles. The Labute approximate surface area is 175 Å². The number of rotatable bonds is 5. The van der Waals surface area contributed by atoms with Gasteiger partial charge in [0.2, 0.25) is 5.91 Å². The number of likely N-dealkylation sites (tertiary alicyclic amines) is 1. The second kappa shape index (κ2) is 7.73. The minimum atomic E-state index is -0.330. The van der Waals surface area contributed by atoms with Crippen LogP contribution in [-0.4, -0.2) is 23.9 Å². The summed E-state index contributed by atoms with van der Waals surface area (Å²) in [6.45, 7) is 2.93. The third-order valence-electron chi connectivity index (χ3n) is 6.62. The van der Waals surface area contributed by atoms with Crippen LogP contribution in [0.15, 0.2) is 71.3 Å². The van der Waals surface area contributed by atoms with Crippen molar-refractivity contribution in [2.24, 2.45) is 11.3 Å². The SMILES string of the molecule is O=C(Nc1cccc(F)c1)C1CC12CCN(Cc1ccc(-c3ccco3)cc1)CC2. The number of halogens is 1. The molecule has 2 aliphatic rings. The summed E-state index contributed by atoms with van der Waals surface area (Å²) in [4.78, 5) is 15.1. The smallest absolute Gasteiger partial charge is 0.228 e. The first-order valence-electron chi connectivity index (χ1n) is 10.5. The van der Waals surface area contributed by atoms with E-state index in [-0.39, 0.29) is 23.1 Å². The van der Waals surface area contributed by atoms with Crippen LogP contribution < -0.4 is 5.32 Å². The summed E-state index contributed by atoms with van der Waals surface area (Å²) >= 11 is 0. The molecule has 1 saturated heterocycles. The quantitative estimate of drug-likeness (QED) is 0.625. The van der Waals surface area contributed by atoms with E-state index in [9.17, 15) is 9.18 Å². The lowest BCUT2D eigenvalue weighted by molar-refractivity contribution is -0.118. The van der Waals surface area contributed by atoms with Crippen molar-refractivity contribution in [3.63, 3.8) is 0 Å². The minimum absolute atomic E-state index is 0.0302. The molecule has 1 atom stereocenters. The number of furan rings is 1. The van der Waals surface area contributed by atoms with Crippen LogP contribution in [0.2, 0.25) is 0 Å². The summed E-state index contributed by atoms with van der Waals surface area (Å²) in [6, 6.07) is 18.5. The fourth-order valence-corrected chi connectivity index (χ4v) is 4.70. The Kier molecular flexibility index (Phi) is 4.91. The van der Waals surface area contributed by atoms with Gasteiger partial charge in [-0.2, -0.15) is 0 Å². The molecule has 5 rings (SSSR count). The molecular weight excluding hydrogens is 379 g/mol. The monoisotopic (exact) mass is 404 g/mol. The molecule has 154 valence electrons. The van der Waals surface area contributed by atoms with Gasteiger partial charge in [-0.25, -0.2) is 4.39 Å². The molecule has 1 amide bonds. The molecule has 4 nitrogen and oxygen atoms in total. The number of amides is 1. The van der Waals surface area contributed by atoms with Crippen LogP contribution in [0.3, 0.4) is 0 Å². The third-order valence-corrected chi connectivity index (χ3v) is 6.62. The normalized spacial score (nSPS) is 20.2. The number of anilines is 1. The fraction of sp³-hybridized carbons (Fsp3) is 0.320. The molecular formula is C25H25FN2O2. The van der Waals surface area contributed by atoms with Gasteiger partial charge in [0.1, 0.15) is 11.6 Å². The lowest BCUT2D eigenvalue weighted by Crippen LogP contribution is -2.35. The zero-order valence-corrected chi connectivity index (χ0v) is 16.8. The van der Waals surface area contributed by atoms with Crippen molar-refractivity contribution >= 4 is 11.6 Å². The Morgan fingerprint density at radius 2 is 1.90 bits per heavy atom. The van der Waals surface area contributed by atoms with Gasteiger partial charge in [0.15, 0.2) is 0 Å². The predicted octanol–water partition coefficient (Wildman–Crippen LogP) is 5.33. The molecule has 2 heterocycles. The lowest BCUT2D eigenvalue weighted by atomic mass is 9.90. The van der Waals surface area contributed by atoms with Gasteiger partial charge in [-0.05, 0) is 73.7 Å². The van der Waals surface area contributed by atoms with Crippen molar-refractivity contribution in [1.82, 2.24) is 4.90 Å². The molecule has 1 unspecified atom stereocenters. The van der Waals surface area contributed by atoms with Gasteiger partial charge >= 0.3 is 0 Å². The highest BCUT2D eigenvalue weighted by atomic mass is 19.1. The Bertz CT molecular complexity index is 1020. The van der Waals surface area contributed by atoms with Crippen LogP contribution in [0.1, 0.15) is 24.8 Å². The summed E-state index contributed by atoms with van der Waals surface area (Å²) in [5, 5.41) is 2.88. The van der Waals surface area contributed by atoms with E-state index < -0.39 is 0 Å². The Hall–Kier alpha value is -2.92. The molecule has 3 aromatic rings. The molecule has 30 heavy (non-hydrogen) atoms. The zero-order chi connectivity index (χ0) is 20.6. The van der Waals surface area contributed by atoms with Crippen molar-refractivity contribution in [2.45, 2.75) is 25.8 Å². The van der Waals surface area contributed by atoms with E-state index in [0.29, 0.717) is 5.69 Å². The van der Waals surface area contributed by atoms with Gasteiger partial charge in [0, 0.05) is 23.7 Å². The number of carbonyl (C=O) groups excluding carboxylic acids is 1. The molecule has 2 fully saturated rings. The lowest BCUT2D eigenvalue weighted by Gasteiger charge is -2.32. The molecule has 1 aromatic heterocycles. The van der Waals surface area contributed by atoms with Crippen LogP contribution in [0.4, 0.5) is 10.1 Å². The molecule has 0 radical (unpaired) electrons. The first kappa shape index (κ1) is 19.1. The molecule has 2 aromatic carbocycles. The number of piperidine rings is 1.